The van der Waals surface area contributed by atoms with Gasteiger partial charge in [0.2, 0.25) is 0 Å². The molecule has 0 amide bonds. The van der Waals surface area contributed by atoms with E-state index in [9.17, 15) is 4.79 Å². The van der Waals surface area contributed by atoms with Crippen LogP contribution in [-0.2, 0) is 23.7 Å². The Kier molecular flexibility index (Phi) is 3.08. The van der Waals surface area contributed by atoms with Gasteiger partial charge in [-0.25, -0.2) is 0 Å². The number of nitrogens with two attached hydrogens (primary N) is 1. The highest BCUT2D eigenvalue weighted by molar-refractivity contribution is 5.93. The summed E-state index contributed by atoms with van der Waals surface area (Å²) in [5.74, 6) is 0.337. The maximum atomic E-state index is 12.6. The molecule has 1 aliphatic rings. The Balaban J connectivity index is 1.70. The fourth-order valence-corrected chi connectivity index (χ4v) is 2.78. The Morgan fingerprint density at radius 1 is 1.30 bits per heavy atom. The number of nitrogens with zero attached hydrogens (tertiary/aromatic N) is 2. The molecule has 1 aromatic carbocycles. The van der Waals surface area contributed by atoms with Gasteiger partial charge in [-0.2, -0.15) is 5.10 Å². The van der Waals surface area contributed by atoms with Crippen LogP contribution in [0.1, 0.15) is 30.5 Å². The number of rotatable bonds is 5. The summed E-state index contributed by atoms with van der Waals surface area (Å²) in [5.41, 5.74) is 8.43. The van der Waals surface area contributed by atoms with Crippen molar-refractivity contribution in [1.29, 1.82) is 0 Å². The van der Waals surface area contributed by atoms with Crippen molar-refractivity contribution in [3.8, 4) is 0 Å². The van der Waals surface area contributed by atoms with Crippen LogP contribution in [0.15, 0.2) is 36.5 Å². The minimum Gasteiger partial charge on any atom is -0.399 e. The van der Waals surface area contributed by atoms with E-state index in [2.05, 4.69) is 5.10 Å². The van der Waals surface area contributed by atoms with E-state index in [1.54, 1.807) is 6.20 Å². The molecule has 1 fully saturated rings. The van der Waals surface area contributed by atoms with Crippen molar-refractivity contribution in [2.45, 2.75) is 31.1 Å². The summed E-state index contributed by atoms with van der Waals surface area (Å²) in [5, 5.41) is 4.13. The van der Waals surface area contributed by atoms with Crippen LogP contribution >= 0.6 is 0 Å². The molecule has 2 N–H and O–H groups in total. The van der Waals surface area contributed by atoms with Crippen LogP contribution in [-0.4, -0.2) is 15.6 Å². The number of nitrogen functional groups attached to an aromatic ring is 1. The number of carbonyl (C=O) groups is 1. The molecule has 1 heterocycles. The zero-order valence-electron chi connectivity index (χ0n) is 11.7. The number of ketones is 1. The molecule has 20 heavy (non-hydrogen) atoms. The van der Waals surface area contributed by atoms with Crippen LogP contribution in [0.3, 0.4) is 0 Å². The zero-order chi connectivity index (χ0) is 14.2. The molecule has 0 spiro atoms. The molecular formula is C16H19N3O. The van der Waals surface area contributed by atoms with Crippen molar-refractivity contribution in [1.82, 2.24) is 9.78 Å². The molecule has 1 saturated carbocycles. The maximum absolute atomic E-state index is 12.6. The topological polar surface area (TPSA) is 60.9 Å². The Morgan fingerprint density at radius 2 is 2.00 bits per heavy atom. The summed E-state index contributed by atoms with van der Waals surface area (Å²) in [6.07, 6.45) is 5.02. The van der Waals surface area contributed by atoms with Crippen molar-refractivity contribution < 1.29 is 4.79 Å². The highest BCUT2D eigenvalue weighted by Gasteiger charge is 2.50. The van der Waals surface area contributed by atoms with Gasteiger partial charge in [-0.3, -0.25) is 9.48 Å². The maximum Gasteiger partial charge on any atom is 0.143 e. The molecule has 0 atom stereocenters. The summed E-state index contributed by atoms with van der Waals surface area (Å²) in [7, 11) is 1.91. The molecule has 0 aliphatic heterocycles. The standard InChI is InChI=1S/C16H19N3O/c1-19-14(8-11-18-19)6-7-15(20)16(9-10-16)12-2-4-13(17)5-3-12/h2-5,8,11H,6-7,9-10,17H2,1H3. The van der Waals surface area contributed by atoms with Crippen molar-refractivity contribution in [2.24, 2.45) is 7.05 Å². The zero-order valence-corrected chi connectivity index (χ0v) is 11.7. The molecule has 0 saturated heterocycles. The van der Waals surface area contributed by atoms with Crippen LogP contribution in [0.25, 0.3) is 0 Å². The predicted molar refractivity (Wildman–Crippen MR) is 78.3 cm³/mol. The first-order valence-corrected chi connectivity index (χ1v) is 6.98. The molecule has 4 heteroatoms. The quantitative estimate of drug-likeness (QED) is 0.847. The van der Waals surface area contributed by atoms with Gasteiger partial charge in [0.25, 0.3) is 0 Å². The van der Waals surface area contributed by atoms with Crippen molar-refractivity contribution in [3.05, 3.63) is 47.8 Å². The van der Waals surface area contributed by atoms with E-state index >= 15 is 0 Å². The molecular weight excluding hydrogens is 250 g/mol. The van der Waals surface area contributed by atoms with Gasteiger partial charge in [0, 0.05) is 31.0 Å². The number of benzene rings is 1. The number of carbonyl (C=O) groups excluding carboxylic acids is 1. The van der Waals surface area contributed by atoms with E-state index in [0.29, 0.717) is 12.2 Å². The van der Waals surface area contributed by atoms with Crippen molar-refractivity contribution in [2.75, 3.05) is 5.73 Å². The smallest absolute Gasteiger partial charge is 0.143 e. The number of hydrogen-bond acceptors (Lipinski definition) is 3. The van der Waals surface area contributed by atoms with Crippen LogP contribution in [0, 0.1) is 0 Å². The number of hydrogen-bond donors (Lipinski definition) is 1. The second-order valence-electron chi connectivity index (χ2n) is 5.57. The van der Waals surface area contributed by atoms with E-state index in [1.165, 1.54) is 0 Å². The lowest BCUT2D eigenvalue weighted by atomic mass is 9.88. The molecule has 0 bridgehead atoms. The number of anilines is 1. The summed E-state index contributed by atoms with van der Waals surface area (Å²) < 4.78 is 1.83. The average molecular weight is 269 g/mol. The number of aryl methyl sites for hydroxylation is 2. The first-order chi connectivity index (χ1) is 9.62. The molecule has 0 radical (unpaired) electrons. The summed E-state index contributed by atoms with van der Waals surface area (Å²) in [4.78, 5) is 12.6. The second-order valence-corrected chi connectivity index (χ2v) is 5.57. The first kappa shape index (κ1) is 12.9. The highest BCUT2D eigenvalue weighted by Crippen LogP contribution is 2.49. The second kappa shape index (κ2) is 4.78. The van der Waals surface area contributed by atoms with E-state index in [4.69, 9.17) is 5.73 Å². The predicted octanol–water partition coefficient (Wildman–Crippen LogP) is 2.24. The summed E-state index contributed by atoms with van der Waals surface area (Å²) in [6, 6.07) is 9.71. The lowest BCUT2D eigenvalue weighted by Crippen LogP contribution is -2.21. The largest absolute Gasteiger partial charge is 0.399 e. The van der Waals surface area contributed by atoms with E-state index in [0.717, 1.165) is 36.2 Å². The van der Waals surface area contributed by atoms with E-state index < -0.39 is 0 Å². The van der Waals surface area contributed by atoms with Crippen LogP contribution in [0.5, 0.6) is 0 Å². The Bertz CT molecular complexity index is 623. The lowest BCUT2D eigenvalue weighted by Gasteiger charge is -2.14. The molecule has 0 unspecified atom stereocenters. The van der Waals surface area contributed by atoms with Crippen LogP contribution in [0.4, 0.5) is 5.69 Å². The van der Waals surface area contributed by atoms with Gasteiger partial charge in [-0.1, -0.05) is 12.1 Å². The number of Topliss-reactive ketones (excluding diaryl/α,β-unsaturated/α-hetero) is 1. The third kappa shape index (κ3) is 2.22. The SMILES string of the molecule is Cn1nccc1CCC(=O)C1(c2ccc(N)cc2)CC1. The average Bonchev–Trinajstić information content (AvgIpc) is 3.15. The summed E-state index contributed by atoms with van der Waals surface area (Å²) in [6.45, 7) is 0. The molecule has 2 aromatic rings. The van der Waals surface area contributed by atoms with Gasteiger partial charge in [0.05, 0.1) is 5.41 Å². The van der Waals surface area contributed by atoms with Gasteiger partial charge in [-0.05, 0) is 43.0 Å². The van der Waals surface area contributed by atoms with Crippen molar-refractivity contribution >= 4 is 11.5 Å². The highest BCUT2D eigenvalue weighted by atomic mass is 16.1. The monoisotopic (exact) mass is 269 g/mol. The van der Waals surface area contributed by atoms with Crippen LogP contribution in [0.2, 0.25) is 0 Å². The Morgan fingerprint density at radius 3 is 2.55 bits per heavy atom. The third-order valence-electron chi connectivity index (χ3n) is 4.28. The Labute approximate surface area is 118 Å². The van der Waals surface area contributed by atoms with Crippen molar-refractivity contribution in [3.63, 3.8) is 0 Å². The third-order valence-corrected chi connectivity index (χ3v) is 4.28. The molecule has 1 aromatic heterocycles. The van der Waals surface area contributed by atoms with Gasteiger partial charge < -0.3 is 5.73 Å². The van der Waals surface area contributed by atoms with Gasteiger partial charge in [0.15, 0.2) is 0 Å². The van der Waals surface area contributed by atoms with E-state index in [1.807, 2.05) is 42.1 Å². The lowest BCUT2D eigenvalue weighted by molar-refractivity contribution is -0.121. The molecule has 104 valence electrons. The molecule has 3 rings (SSSR count). The fraction of sp³-hybridized carbons (Fsp3) is 0.375. The van der Waals surface area contributed by atoms with Gasteiger partial charge in [-0.15, -0.1) is 0 Å². The fourth-order valence-electron chi connectivity index (χ4n) is 2.78. The molecule has 1 aliphatic carbocycles. The van der Waals surface area contributed by atoms with E-state index in [-0.39, 0.29) is 5.41 Å². The minimum absolute atomic E-state index is 0.244. The van der Waals surface area contributed by atoms with Crippen LogP contribution < -0.4 is 5.73 Å². The minimum atomic E-state index is -0.244. The molecule has 4 nitrogen and oxygen atoms in total. The number of aromatic nitrogens is 2. The summed E-state index contributed by atoms with van der Waals surface area (Å²) >= 11 is 0. The van der Waals surface area contributed by atoms with Gasteiger partial charge in [0.1, 0.15) is 5.78 Å². The first-order valence-electron chi connectivity index (χ1n) is 6.98. The Hall–Kier alpha value is -2.10. The normalized spacial score (nSPS) is 16.1. The van der Waals surface area contributed by atoms with Gasteiger partial charge >= 0.3 is 0 Å².